The number of hydrogen-bond donors (Lipinski definition) is 0. The Bertz CT molecular complexity index is 469. The Labute approximate surface area is 148 Å². The molecule has 0 atom stereocenters. The monoisotopic (exact) mass is 332 g/mol. The van der Waals surface area contributed by atoms with Crippen LogP contribution in [-0.2, 0) is 12.8 Å². The van der Waals surface area contributed by atoms with Gasteiger partial charge in [0, 0.05) is 5.02 Å². The van der Waals surface area contributed by atoms with Crippen LogP contribution < -0.4 is 0 Å². The molecule has 0 spiro atoms. The standard InChI is InChI=1S/C11H16.C10H13Cl.CH4/c1-9(2)8-11-6-4-10(3)5-7-11;1-8(2)7-9-3-5-10(11)6-4-9;/h4-7,9H,8H2,1-3H3;3-6,8H,7H2,1-2H3;1H4. The van der Waals surface area contributed by atoms with Crippen LogP contribution in [0.3, 0.4) is 0 Å². The lowest BCUT2D eigenvalue weighted by Crippen LogP contribution is -1.93. The van der Waals surface area contributed by atoms with Gasteiger partial charge in [0.1, 0.15) is 0 Å². The predicted octanol–water partition coefficient (Wildman–Crippen LogP) is 7.37. The zero-order chi connectivity index (χ0) is 16.5. The van der Waals surface area contributed by atoms with Crippen molar-refractivity contribution in [2.24, 2.45) is 11.8 Å². The zero-order valence-corrected chi connectivity index (χ0v) is 15.3. The highest BCUT2D eigenvalue weighted by molar-refractivity contribution is 6.30. The molecule has 1 heteroatoms. The maximum Gasteiger partial charge on any atom is 0.0406 e. The van der Waals surface area contributed by atoms with Crippen LogP contribution in [0.4, 0.5) is 0 Å². The van der Waals surface area contributed by atoms with Gasteiger partial charge >= 0.3 is 0 Å². The van der Waals surface area contributed by atoms with Gasteiger partial charge in [-0.3, -0.25) is 0 Å². The van der Waals surface area contributed by atoms with Gasteiger partial charge in [-0.15, -0.1) is 0 Å². The van der Waals surface area contributed by atoms with E-state index in [2.05, 4.69) is 71.0 Å². The molecular weight excluding hydrogens is 300 g/mol. The van der Waals surface area contributed by atoms with E-state index in [0.29, 0.717) is 0 Å². The van der Waals surface area contributed by atoms with Crippen molar-refractivity contribution in [3.8, 4) is 0 Å². The predicted molar refractivity (Wildman–Crippen MR) is 106 cm³/mol. The lowest BCUT2D eigenvalue weighted by molar-refractivity contribution is 0.647. The second-order valence-corrected chi connectivity index (χ2v) is 7.24. The van der Waals surface area contributed by atoms with Crippen molar-refractivity contribution in [1.29, 1.82) is 0 Å². The Morgan fingerprint density at radius 3 is 1.39 bits per heavy atom. The molecule has 0 heterocycles. The zero-order valence-electron chi connectivity index (χ0n) is 14.6. The summed E-state index contributed by atoms with van der Waals surface area (Å²) in [6, 6.07) is 16.9. The maximum absolute atomic E-state index is 5.75. The van der Waals surface area contributed by atoms with Gasteiger partial charge in [-0.05, 0) is 54.9 Å². The topological polar surface area (TPSA) is 0 Å². The quantitative estimate of drug-likeness (QED) is 0.548. The molecule has 0 bridgehead atoms. The minimum Gasteiger partial charge on any atom is -0.0843 e. The van der Waals surface area contributed by atoms with Crippen molar-refractivity contribution in [2.75, 3.05) is 0 Å². The molecule has 2 rings (SSSR count). The fourth-order valence-corrected chi connectivity index (χ4v) is 2.41. The largest absolute Gasteiger partial charge is 0.0843 e. The Morgan fingerprint density at radius 2 is 1.04 bits per heavy atom. The van der Waals surface area contributed by atoms with Crippen LogP contribution in [0, 0.1) is 18.8 Å². The molecule has 0 aliphatic heterocycles. The second kappa shape index (κ2) is 11.3. The third-order valence-electron chi connectivity index (χ3n) is 3.32. The van der Waals surface area contributed by atoms with Crippen molar-refractivity contribution in [1.82, 2.24) is 0 Å². The van der Waals surface area contributed by atoms with Crippen molar-refractivity contribution in [2.45, 2.75) is 54.9 Å². The average molecular weight is 333 g/mol. The molecule has 0 N–H and O–H groups in total. The highest BCUT2D eigenvalue weighted by Crippen LogP contribution is 2.12. The van der Waals surface area contributed by atoms with Crippen LogP contribution in [-0.4, -0.2) is 0 Å². The molecule has 0 nitrogen and oxygen atoms in total. The molecule has 0 aliphatic carbocycles. The molecule has 23 heavy (non-hydrogen) atoms. The summed E-state index contributed by atoms with van der Waals surface area (Å²) in [7, 11) is 0. The van der Waals surface area contributed by atoms with Gasteiger partial charge in [-0.1, -0.05) is 88.7 Å². The van der Waals surface area contributed by atoms with E-state index in [1.54, 1.807) is 0 Å². The fourth-order valence-electron chi connectivity index (χ4n) is 2.29. The summed E-state index contributed by atoms with van der Waals surface area (Å²) in [5, 5.41) is 0.817. The highest BCUT2D eigenvalue weighted by atomic mass is 35.5. The summed E-state index contributed by atoms with van der Waals surface area (Å²) in [5.41, 5.74) is 4.16. The average Bonchev–Trinajstić information content (AvgIpc) is 2.44. The number of hydrogen-bond acceptors (Lipinski definition) is 0. The molecule has 0 aromatic heterocycles. The summed E-state index contributed by atoms with van der Waals surface area (Å²) < 4.78 is 0. The van der Waals surface area contributed by atoms with Crippen LogP contribution in [0.1, 0.15) is 51.8 Å². The maximum atomic E-state index is 5.75. The van der Waals surface area contributed by atoms with E-state index < -0.39 is 0 Å². The minimum atomic E-state index is 0. The summed E-state index contributed by atoms with van der Waals surface area (Å²) in [5.74, 6) is 1.48. The molecule has 0 unspecified atom stereocenters. The first kappa shape index (κ1) is 21.7. The summed E-state index contributed by atoms with van der Waals surface area (Å²) >= 11 is 5.75. The first-order valence-electron chi connectivity index (χ1n) is 8.16. The summed E-state index contributed by atoms with van der Waals surface area (Å²) in [6.07, 6.45) is 2.33. The lowest BCUT2D eigenvalue weighted by atomic mass is 10.0. The highest BCUT2D eigenvalue weighted by Gasteiger charge is 1.96. The smallest absolute Gasteiger partial charge is 0.0406 e. The first-order chi connectivity index (χ1) is 10.4. The lowest BCUT2D eigenvalue weighted by Gasteiger charge is -2.04. The molecule has 0 saturated heterocycles. The first-order valence-corrected chi connectivity index (χ1v) is 8.54. The van der Waals surface area contributed by atoms with Gasteiger partial charge < -0.3 is 0 Å². The van der Waals surface area contributed by atoms with Gasteiger partial charge in [0.25, 0.3) is 0 Å². The fraction of sp³-hybridized carbons (Fsp3) is 0.455. The SMILES string of the molecule is C.CC(C)Cc1ccc(Cl)cc1.Cc1ccc(CC(C)C)cc1. The van der Waals surface area contributed by atoms with Gasteiger partial charge in [-0.2, -0.15) is 0 Å². The van der Waals surface area contributed by atoms with E-state index in [1.807, 2.05) is 12.1 Å². The number of halogens is 1. The van der Waals surface area contributed by atoms with Gasteiger partial charge in [0.2, 0.25) is 0 Å². The van der Waals surface area contributed by atoms with E-state index in [-0.39, 0.29) is 7.43 Å². The van der Waals surface area contributed by atoms with Crippen LogP contribution in [0.15, 0.2) is 48.5 Å². The third kappa shape index (κ3) is 10.2. The molecular formula is C22H33Cl. The van der Waals surface area contributed by atoms with Crippen molar-refractivity contribution < 1.29 is 0 Å². The summed E-state index contributed by atoms with van der Waals surface area (Å²) in [4.78, 5) is 0. The molecule has 2 aromatic rings. The Morgan fingerprint density at radius 1 is 0.696 bits per heavy atom. The second-order valence-electron chi connectivity index (χ2n) is 6.81. The van der Waals surface area contributed by atoms with Gasteiger partial charge in [-0.25, -0.2) is 0 Å². The Hall–Kier alpha value is -1.27. The van der Waals surface area contributed by atoms with Crippen molar-refractivity contribution in [3.05, 3.63) is 70.2 Å². The molecule has 2 aromatic carbocycles. The van der Waals surface area contributed by atoms with Crippen LogP contribution in [0.25, 0.3) is 0 Å². The Kier molecular flexibility index (Phi) is 10.7. The minimum absolute atomic E-state index is 0. The third-order valence-corrected chi connectivity index (χ3v) is 3.57. The van der Waals surface area contributed by atoms with Gasteiger partial charge in [0.15, 0.2) is 0 Å². The van der Waals surface area contributed by atoms with Crippen molar-refractivity contribution >= 4 is 11.6 Å². The molecule has 0 amide bonds. The van der Waals surface area contributed by atoms with Crippen LogP contribution in [0.2, 0.25) is 5.02 Å². The molecule has 0 radical (unpaired) electrons. The van der Waals surface area contributed by atoms with Crippen molar-refractivity contribution in [3.63, 3.8) is 0 Å². The normalized spacial score (nSPS) is 10.1. The van der Waals surface area contributed by atoms with E-state index in [0.717, 1.165) is 23.3 Å². The van der Waals surface area contributed by atoms with E-state index in [4.69, 9.17) is 11.6 Å². The van der Waals surface area contributed by atoms with Crippen LogP contribution in [0.5, 0.6) is 0 Å². The van der Waals surface area contributed by atoms with E-state index >= 15 is 0 Å². The molecule has 128 valence electrons. The van der Waals surface area contributed by atoms with E-state index in [1.165, 1.54) is 23.1 Å². The summed E-state index contributed by atoms with van der Waals surface area (Å²) in [6.45, 7) is 11.1. The number of benzene rings is 2. The van der Waals surface area contributed by atoms with Crippen LogP contribution >= 0.6 is 11.6 Å². The van der Waals surface area contributed by atoms with Gasteiger partial charge in [0.05, 0.1) is 0 Å². The van der Waals surface area contributed by atoms with E-state index in [9.17, 15) is 0 Å². The number of rotatable bonds is 4. The molecule has 0 aliphatic rings. The molecule has 0 fully saturated rings. The Balaban J connectivity index is 0.000000403. The number of aryl methyl sites for hydroxylation is 1. The molecule has 0 saturated carbocycles.